The van der Waals surface area contributed by atoms with Crippen molar-refractivity contribution in [2.24, 2.45) is 5.92 Å². The van der Waals surface area contributed by atoms with E-state index in [-0.39, 0.29) is 0 Å². The maximum absolute atomic E-state index is 3.48. The monoisotopic (exact) mass is 212 g/mol. The molecule has 90 valence electrons. The summed E-state index contributed by atoms with van der Waals surface area (Å²) < 4.78 is 0. The summed E-state index contributed by atoms with van der Waals surface area (Å²) in [6.07, 6.45) is 4.07. The van der Waals surface area contributed by atoms with Gasteiger partial charge in [0.25, 0.3) is 0 Å². The molecule has 2 heteroatoms. The van der Waals surface area contributed by atoms with E-state index in [0.29, 0.717) is 6.04 Å². The van der Waals surface area contributed by atoms with Crippen molar-refractivity contribution in [1.82, 2.24) is 10.2 Å². The zero-order valence-corrected chi connectivity index (χ0v) is 10.9. The van der Waals surface area contributed by atoms with E-state index in [1.54, 1.807) is 0 Å². The van der Waals surface area contributed by atoms with E-state index in [9.17, 15) is 0 Å². The lowest BCUT2D eigenvalue weighted by Gasteiger charge is -2.36. The standard InChI is InChI=1S/C13H28N2/c1-11(2)14-7-5-8-15-9-6-12(3)10-13(15)4/h11-14H,5-10H2,1-4H3. The van der Waals surface area contributed by atoms with Gasteiger partial charge in [0.2, 0.25) is 0 Å². The van der Waals surface area contributed by atoms with Crippen molar-refractivity contribution in [3.05, 3.63) is 0 Å². The third-order valence-electron chi connectivity index (χ3n) is 3.45. The fourth-order valence-electron chi connectivity index (χ4n) is 2.46. The van der Waals surface area contributed by atoms with Crippen LogP contribution in [0.2, 0.25) is 0 Å². The Labute approximate surface area is 95.4 Å². The van der Waals surface area contributed by atoms with Crippen molar-refractivity contribution in [2.75, 3.05) is 19.6 Å². The van der Waals surface area contributed by atoms with Crippen LogP contribution in [0.1, 0.15) is 47.0 Å². The average Bonchev–Trinajstić information content (AvgIpc) is 2.14. The van der Waals surface area contributed by atoms with Gasteiger partial charge in [-0.25, -0.2) is 0 Å². The summed E-state index contributed by atoms with van der Waals surface area (Å²) in [5.41, 5.74) is 0. The van der Waals surface area contributed by atoms with Crippen molar-refractivity contribution in [3.8, 4) is 0 Å². The number of likely N-dealkylation sites (tertiary alicyclic amines) is 1. The number of hydrogen-bond acceptors (Lipinski definition) is 2. The fourth-order valence-corrected chi connectivity index (χ4v) is 2.46. The van der Waals surface area contributed by atoms with Gasteiger partial charge in [0.05, 0.1) is 0 Å². The Morgan fingerprint density at radius 2 is 2.07 bits per heavy atom. The highest BCUT2D eigenvalue weighted by Gasteiger charge is 2.21. The lowest BCUT2D eigenvalue weighted by atomic mass is 9.93. The summed E-state index contributed by atoms with van der Waals surface area (Å²) in [6, 6.07) is 1.43. The second kappa shape index (κ2) is 6.49. The molecule has 0 saturated carbocycles. The van der Waals surface area contributed by atoms with Gasteiger partial charge in [-0.1, -0.05) is 20.8 Å². The molecule has 1 saturated heterocycles. The topological polar surface area (TPSA) is 15.3 Å². The molecule has 1 N–H and O–H groups in total. The Bertz CT molecular complexity index is 168. The SMILES string of the molecule is CC1CCN(CCCNC(C)C)C(C)C1. The van der Waals surface area contributed by atoms with Gasteiger partial charge >= 0.3 is 0 Å². The molecule has 2 unspecified atom stereocenters. The quantitative estimate of drug-likeness (QED) is 0.704. The van der Waals surface area contributed by atoms with E-state index in [0.717, 1.165) is 18.5 Å². The minimum Gasteiger partial charge on any atom is -0.314 e. The van der Waals surface area contributed by atoms with Gasteiger partial charge in [-0.05, 0) is 51.7 Å². The molecule has 2 atom stereocenters. The molecular formula is C13H28N2. The van der Waals surface area contributed by atoms with Gasteiger partial charge in [-0.2, -0.15) is 0 Å². The van der Waals surface area contributed by atoms with Gasteiger partial charge in [0.1, 0.15) is 0 Å². The van der Waals surface area contributed by atoms with Crippen molar-refractivity contribution in [1.29, 1.82) is 0 Å². The first-order valence-electron chi connectivity index (χ1n) is 6.57. The van der Waals surface area contributed by atoms with Crippen LogP contribution in [0.4, 0.5) is 0 Å². The molecule has 0 radical (unpaired) electrons. The van der Waals surface area contributed by atoms with E-state index in [1.165, 1.54) is 32.4 Å². The maximum atomic E-state index is 3.48. The molecule has 0 spiro atoms. The predicted octanol–water partition coefficient (Wildman–Crippen LogP) is 2.49. The number of hydrogen-bond donors (Lipinski definition) is 1. The molecule has 0 aliphatic carbocycles. The van der Waals surface area contributed by atoms with Crippen LogP contribution in [0.15, 0.2) is 0 Å². The van der Waals surface area contributed by atoms with E-state index in [4.69, 9.17) is 0 Å². The predicted molar refractivity (Wildman–Crippen MR) is 67.2 cm³/mol. The molecular weight excluding hydrogens is 184 g/mol. The summed E-state index contributed by atoms with van der Waals surface area (Å²) in [4.78, 5) is 2.65. The van der Waals surface area contributed by atoms with Gasteiger partial charge < -0.3 is 10.2 Å². The highest BCUT2D eigenvalue weighted by atomic mass is 15.2. The lowest BCUT2D eigenvalue weighted by molar-refractivity contribution is 0.128. The molecule has 0 aromatic carbocycles. The highest BCUT2D eigenvalue weighted by Crippen LogP contribution is 2.21. The second-order valence-electron chi connectivity index (χ2n) is 5.48. The third-order valence-corrected chi connectivity index (χ3v) is 3.45. The summed E-state index contributed by atoms with van der Waals surface area (Å²) in [5.74, 6) is 0.935. The van der Waals surface area contributed by atoms with Gasteiger partial charge in [0, 0.05) is 12.1 Å². The van der Waals surface area contributed by atoms with Crippen LogP contribution in [0.5, 0.6) is 0 Å². The summed E-state index contributed by atoms with van der Waals surface area (Å²) >= 11 is 0. The van der Waals surface area contributed by atoms with Crippen LogP contribution < -0.4 is 5.32 Å². The Hall–Kier alpha value is -0.0800. The summed E-state index contributed by atoms with van der Waals surface area (Å²) in [7, 11) is 0. The smallest absolute Gasteiger partial charge is 0.00694 e. The summed E-state index contributed by atoms with van der Waals surface area (Å²) in [5, 5.41) is 3.48. The van der Waals surface area contributed by atoms with Crippen LogP contribution in [-0.4, -0.2) is 36.6 Å². The first kappa shape index (κ1) is 13.0. The molecule has 2 nitrogen and oxygen atoms in total. The largest absolute Gasteiger partial charge is 0.314 e. The lowest BCUT2D eigenvalue weighted by Crippen LogP contribution is -2.41. The van der Waals surface area contributed by atoms with Crippen LogP contribution >= 0.6 is 0 Å². The first-order valence-corrected chi connectivity index (χ1v) is 6.57. The van der Waals surface area contributed by atoms with Gasteiger partial charge in [-0.3, -0.25) is 0 Å². The number of rotatable bonds is 5. The van der Waals surface area contributed by atoms with Crippen molar-refractivity contribution >= 4 is 0 Å². The Balaban J connectivity index is 2.10. The molecule has 15 heavy (non-hydrogen) atoms. The molecule has 0 aromatic heterocycles. The van der Waals surface area contributed by atoms with Crippen LogP contribution in [-0.2, 0) is 0 Å². The molecule has 0 bridgehead atoms. The van der Waals surface area contributed by atoms with Crippen molar-refractivity contribution in [3.63, 3.8) is 0 Å². The van der Waals surface area contributed by atoms with Crippen molar-refractivity contribution < 1.29 is 0 Å². The third kappa shape index (κ3) is 4.98. The number of nitrogens with one attached hydrogen (secondary N) is 1. The first-order chi connectivity index (χ1) is 7.09. The van der Waals surface area contributed by atoms with Crippen molar-refractivity contribution in [2.45, 2.75) is 59.0 Å². The average molecular weight is 212 g/mol. The second-order valence-corrected chi connectivity index (χ2v) is 5.48. The molecule has 1 aliphatic rings. The van der Waals surface area contributed by atoms with E-state index in [1.807, 2.05) is 0 Å². The van der Waals surface area contributed by atoms with E-state index >= 15 is 0 Å². The highest BCUT2D eigenvalue weighted by molar-refractivity contribution is 4.76. The number of nitrogens with zero attached hydrogens (tertiary/aromatic N) is 1. The Kier molecular flexibility index (Phi) is 5.62. The molecule has 1 heterocycles. The summed E-state index contributed by atoms with van der Waals surface area (Å²) in [6.45, 7) is 12.9. The van der Waals surface area contributed by atoms with Crippen LogP contribution in [0.3, 0.4) is 0 Å². The normalized spacial score (nSPS) is 28.6. The van der Waals surface area contributed by atoms with Gasteiger partial charge in [-0.15, -0.1) is 0 Å². The Morgan fingerprint density at radius 1 is 1.33 bits per heavy atom. The zero-order chi connectivity index (χ0) is 11.3. The molecule has 0 aromatic rings. The van der Waals surface area contributed by atoms with Crippen LogP contribution in [0, 0.1) is 5.92 Å². The number of piperidine rings is 1. The molecule has 1 rings (SSSR count). The maximum Gasteiger partial charge on any atom is 0.00694 e. The molecule has 1 fully saturated rings. The minimum absolute atomic E-state index is 0.629. The van der Waals surface area contributed by atoms with E-state index in [2.05, 4.69) is 37.9 Å². The molecule has 1 aliphatic heterocycles. The fraction of sp³-hybridized carbons (Fsp3) is 1.00. The Morgan fingerprint density at radius 3 is 2.67 bits per heavy atom. The zero-order valence-electron chi connectivity index (χ0n) is 10.9. The van der Waals surface area contributed by atoms with Crippen LogP contribution in [0.25, 0.3) is 0 Å². The van der Waals surface area contributed by atoms with Gasteiger partial charge in [0.15, 0.2) is 0 Å². The molecule has 0 amide bonds. The minimum atomic E-state index is 0.629. The van der Waals surface area contributed by atoms with E-state index < -0.39 is 0 Å².